The third kappa shape index (κ3) is 4.85. The van der Waals surface area contributed by atoms with Gasteiger partial charge in [-0.2, -0.15) is 0 Å². The Morgan fingerprint density at radius 2 is 2.12 bits per heavy atom. The number of nitrogens with one attached hydrogen (secondary N) is 2. The molecule has 0 bridgehead atoms. The minimum Gasteiger partial charge on any atom is -0.357 e. The van der Waals surface area contributed by atoms with Crippen molar-refractivity contribution in [1.82, 2.24) is 10.6 Å². The van der Waals surface area contributed by atoms with Gasteiger partial charge in [-0.1, -0.05) is 24.3 Å². The highest BCUT2D eigenvalue weighted by Crippen LogP contribution is 2.26. The zero-order chi connectivity index (χ0) is 18.2. The van der Waals surface area contributed by atoms with Crippen LogP contribution in [-0.2, 0) is 17.6 Å². The number of benzene rings is 1. The lowest BCUT2D eigenvalue weighted by Crippen LogP contribution is -2.41. The number of fused-ring (bicyclic) bond motifs is 1. The summed E-state index contributed by atoms with van der Waals surface area (Å²) >= 11 is 1.76. The van der Waals surface area contributed by atoms with E-state index in [0.29, 0.717) is 5.96 Å². The summed E-state index contributed by atoms with van der Waals surface area (Å²) < 4.78 is 0. The highest BCUT2D eigenvalue weighted by molar-refractivity contribution is 7.09. The first-order valence-corrected chi connectivity index (χ1v) is 10.1. The summed E-state index contributed by atoms with van der Waals surface area (Å²) in [5, 5.41) is 8.61. The molecule has 26 heavy (non-hydrogen) atoms. The van der Waals surface area contributed by atoms with Gasteiger partial charge >= 0.3 is 0 Å². The van der Waals surface area contributed by atoms with Crippen LogP contribution in [0.1, 0.15) is 23.8 Å². The number of nitrogens with zero attached hydrogens (tertiary/aromatic N) is 2. The van der Waals surface area contributed by atoms with Gasteiger partial charge in [-0.15, -0.1) is 11.3 Å². The van der Waals surface area contributed by atoms with Crippen molar-refractivity contribution >= 4 is 28.9 Å². The van der Waals surface area contributed by atoms with Crippen LogP contribution in [0.25, 0.3) is 0 Å². The second-order valence-electron chi connectivity index (χ2n) is 6.23. The van der Waals surface area contributed by atoms with E-state index in [1.165, 1.54) is 10.4 Å². The van der Waals surface area contributed by atoms with Gasteiger partial charge in [-0.05, 0) is 49.3 Å². The van der Waals surface area contributed by atoms with Crippen molar-refractivity contribution in [1.29, 1.82) is 0 Å². The molecule has 0 radical (unpaired) electrons. The summed E-state index contributed by atoms with van der Waals surface area (Å²) in [5.41, 5.74) is 2.28. The smallest absolute Gasteiger partial charge is 0.248 e. The van der Waals surface area contributed by atoms with E-state index in [9.17, 15) is 4.79 Å². The zero-order valence-electron chi connectivity index (χ0n) is 15.2. The molecule has 0 saturated heterocycles. The Labute approximate surface area is 159 Å². The highest BCUT2D eigenvalue weighted by atomic mass is 32.1. The van der Waals surface area contributed by atoms with Crippen LogP contribution in [0.4, 0.5) is 5.69 Å². The minimum atomic E-state index is 0.0487. The Morgan fingerprint density at radius 1 is 1.23 bits per heavy atom. The summed E-state index contributed by atoms with van der Waals surface area (Å²) in [6, 6.07) is 12.4. The van der Waals surface area contributed by atoms with Crippen molar-refractivity contribution in [2.75, 3.05) is 31.1 Å². The van der Waals surface area contributed by atoms with E-state index < -0.39 is 0 Å². The number of thiophene rings is 1. The molecule has 0 atom stereocenters. The van der Waals surface area contributed by atoms with Crippen molar-refractivity contribution in [3.05, 3.63) is 52.2 Å². The predicted molar refractivity (Wildman–Crippen MR) is 109 cm³/mol. The molecule has 1 aliphatic rings. The average molecular weight is 371 g/mol. The van der Waals surface area contributed by atoms with E-state index in [4.69, 9.17) is 0 Å². The number of aryl methyl sites for hydroxylation is 1. The third-order valence-electron chi connectivity index (χ3n) is 4.37. The SMILES string of the molecule is CCNC(=NCC(=O)N1CCCc2ccccc21)NCCc1cccs1. The number of hydrogen-bond donors (Lipinski definition) is 2. The number of carbonyl (C=O) groups excluding carboxylic acids is 1. The van der Waals surface area contributed by atoms with Gasteiger partial charge in [0.05, 0.1) is 0 Å². The normalized spacial score (nSPS) is 14.0. The second-order valence-corrected chi connectivity index (χ2v) is 7.26. The molecule has 6 heteroatoms. The average Bonchev–Trinajstić information content (AvgIpc) is 3.19. The number of guanidine groups is 1. The second kappa shape index (κ2) is 9.38. The Morgan fingerprint density at radius 3 is 2.92 bits per heavy atom. The Hall–Kier alpha value is -2.34. The molecule has 0 spiro atoms. The Bertz CT molecular complexity index is 742. The number of carbonyl (C=O) groups is 1. The van der Waals surface area contributed by atoms with Gasteiger partial charge < -0.3 is 15.5 Å². The Balaban J connectivity index is 1.57. The molecule has 0 fully saturated rings. The van der Waals surface area contributed by atoms with E-state index >= 15 is 0 Å². The van der Waals surface area contributed by atoms with E-state index in [0.717, 1.165) is 44.6 Å². The van der Waals surface area contributed by atoms with Crippen molar-refractivity contribution in [3.63, 3.8) is 0 Å². The van der Waals surface area contributed by atoms with Gasteiger partial charge in [-0.3, -0.25) is 4.79 Å². The van der Waals surface area contributed by atoms with Gasteiger partial charge in [0.25, 0.3) is 0 Å². The molecular weight excluding hydrogens is 344 g/mol. The number of aliphatic imine (C=N–C) groups is 1. The minimum absolute atomic E-state index is 0.0487. The van der Waals surface area contributed by atoms with Crippen LogP contribution in [-0.4, -0.2) is 38.0 Å². The standard InChI is InChI=1S/C20H26N4OS/c1-2-21-20(22-12-11-17-9-6-14-26-17)23-15-19(25)24-13-5-8-16-7-3-4-10-18(16)24/h3-4,6-7,9-10,14H,2,5,8,11-13,15H2,1H3,(H2,21,22,23). The molecule has 1 amide bonds. The first-order valence-electron chi connectivity index (χ1n) is 9.20. The zero-order valence-corrected chi connectivity index (χ0v) is 16.0. The fraction of sp³-hybridized carbons (Fsp3) is 0.400. The van der Waals surface area contributed by atoms with E-state index in [1.54, 1.807) is 11.3 Å². The maximum atomic E-state index is 12.7. The Kier molecular flexibility index (Phi) is 6.66. The van der Waals surface area contributed by atoms with Crippen LogP contribution in [0.15, 0.2) is 46.8 Å². The highest BCUT2D eigenvalue weighted by Gasteiger charge is 2.21. The number of hydrogen-bond acceptors (Lipinski definition) is 3. The predicted octanol–water partition coefficient (Wildman–Crippen LogP) is 2.83. The molecule has 0 unspecified atom stereocenters. The third-order valence-corrected chi connectivity index (χ3v) is 5.31. The maximum absolute atomic E-state index is 12.7. The van der Waals surface area contributed by atoms with Gasteiger partial charge in [0.2, 0.25) is 5.91 Å². The molecule has 1 aliphatic heterocycles. The molecule has 2 aromatic rings. The molecule has 1 aromatic heterocycles. The number of anilines is 1. The van der Waals surface area contributed by atoms with Crippen LogP contribution < -0.4 is 15.5 Å². The molecule has 2 N–H and O–H groups in total. The lowest BCUT2D eigenvalue weighted by Gasteiger charge is -2.29. The van der Waals surface area contributed by atoms with Gasteiger partial charge in [0.1, 0.15) is 6.54 Å². The first-order chi connectivity index (χ1) is 12.8. The molecule has 3 rings (SSSR count). The van der Waals surface area contributed by atoms with Crippen LogP contribution >= 0.6 is 11.3 Å². The van der Waals surface area contributed by atoms with Crippen LogP contribution in [0, 0.1) is 0 Å². The fourth-order valence-corrected chi connectivity index (χ4v) is 3.83. The molecule has 0 aliphatic carbocycles. The van der Waals surface area contributed by atoms with Gasteiger partial charge in [-0.25, -0.2) is 4.99 Å². The fourth-order valence-electron chi connectivity index (χ4n) is 3.13. The van der Waals surface area contributed by atoms with Crippen molar-refractivity contribution < 1.29 is 4.79 Å². The lowest BCUT2D eigenvalue weighted by atomic mass is 10.0. The van der Waals surface area contributed by atoms with Crippen LogP contribution in [0.3, 0.4) is 0 Å². The summed E-state index contributed by atoms with van der Waals surface area (Å²) in [6.07, 6.45) is 3.00. The summed E-state index contributed by atoms with van der Waals surface area (Å²) in [7, 11) is 0. The van der Waals surface area contributed by atoms with Crippen molar-refractivity contribution in [3.8, 4) is 0 Å². The van der Waals surface area contributed by atoms with Gasteiger partial charge in [0.15, 0.2) is 5.96 Å². The number of amides is 1. The van der Waals surface area contributed by atoms with E-state index in [2.05, 4.69) is 39.2 Å². The summed E-state index contributed by atoms with van der Waals surface area (Å²) in [6.45, 7) is 4.52. The molecular formula is C20H26N4OS. The quantitative estimate of drug-likeness (QED) is 0.607. The largest absolute Gasteiger partial charge is 0.357 e. The summed E-state index contributed by atoms with van der Waals surface area (Å²) in [5.74, 6) is 0.746. The van der Waals surface area contributed by atoms with Crippen LogP contribution in [0.2, 0.25) is 0 Å². The topological polar surface area (TPSA) is 56.7 Å². The first kappa shape index (κ1) is 18.5. The van der Waals surface area contributed by atoms with Gasteiger partial charge in [0, 0.05) is 30.2 Å². The molecule has 1 aromatic carbocycles. The number of rotatable bonds is 6. The summed E-state index contributed by atoms with van der Waals surface area (Å²) in [4.78, 5) is 20.4. The molecule has 0 saturated carbocycles. The molecule has 2 heterocycles. The lowest BCUT2D eigenvalue weighted by molar-refractivity contribution is -0.117. The van der Waals surface area contributed by atoms with E-state index in [1.807, 2.05) is 30.0 Å². The van der Waals surface area contributed by atoms with Crippen LogP contribution in [0.5, 0.6) is 0 Å². The molecule has 5 nitrogen and oxygen atoms in total. The van der Waals surface area contributed by atoms with E-state index in [-0.39, 0.29) is 12.5 Å². The molecule has 138 valence electrons. The number of para-hydroxylation sites is 1. The van der Waals surface area contributed by atoms with Crippen molar-refractivity contribution in [2.45, 2.75) is 26.2 Å². The van der Waals surface area contributed by atoms with Crippen molar-refractivity contribution in [2.24, 2.45) is 4.99 Å². The maximum Gasteiger partial charge on any atom is 0.248 e. The monoisotopic (exact) mass is 370 g/mol.